The van der Waals surface area contributed by atoms with E-state index < -0.39 is 0 Å². The van der Waals surface area contributed by atoms with E-state index in [1.165, 1.54) is 11.8 Å². The lowest BCUT2D eigenvalue weighted by atomic mass is 10.2. The molecule has 0 saturated carbocycles. The molecular weight excluding hydrogens is 352 g/mol. The molecule has 0 bridgehead atoms. The van der Waals surface area contributed by atoms with Crippen LogP contribution in [0.15, 0.2) is 32.6 Å². The van der Waals surface area contributed by atoms with Gasteiger partial charge in [-0.3, -0.25) is 9.36 Å². The van der Waals surface area contributed by atoms with Crippen molar-refractivity contribution in [2.24, 2.45) is 0 Å². The molecule has 126 valence electrons. The van der Waals surface area contributed by atoms with Crippen molar-refractivity contribution < 1.29 is 9.15 Å². The SMILES string of the molecule is COCCn1c(SCc2nnc(C)o2)nc2cc(Cl)ccc2c1=O. The number of aryl methyl sites for hydroxylation is 1. The number of hydrogen-bond donors (Lipinski definition) is 0. The van der Waals surface area contributed by atoms with Crippen LogP contribution >= 0.6 is 23.4 Å². The summed E-state index contributed by atoms with van der Waals surface area (Å²) in [5, 5.41) is 9.36. The van der Waals surface area contributed by atoms with Crippen molar-refractivity contribution in [2.75, 3.05) is 13.7 Å². The van der Waals surface area contributed by atoms with Gasteiger partial charge in [-0.25, -0.2) is 4.98 Å². The van der Waals surface area contributed by atoms with Crippen LogP contribution < -0.4 is 5.56 Å². The number of halogens is 1. The number of fused-ring (bicyclic) bond motifs is 1. The molecule has 0 N–H and O–H groups in total. The Morgan fingerprint density at radius 3 is 2.92 bits per heavy atom. The Bertz CT molecular complexity index is 925. The van der Waals surface area contributed by atoms with Gasteiger partial charge in [-0.15, -0.1) is 10.2 Å². The maximum absolute atomic E-state index is 12.7. The molecule has 0 amide bonds. The average molecular weight is 367 g/mol. The van der Waals surface area contributed by atoms with Crippen molar-refractivity contribution >= 4 is 34.3 Å². The first-order chi connectivity index (χ1) is 11.6. The van der Waals surface area contributed by atoms with Gasteiger partial charge in [0.15, 0.2) is 5.16 Å². The van der Waals surface area contributed by atoms with E-state index in [9.17, 15) is 4.79 Å². The number of thioether (sulfide) groups is 1. The van der Waals surface area contributed by atoms with E-state index in [1.54, 1.807) is 36.8 Å². The van der Waals surface area contributed by atoms with Crippen molar-refractivity contribution in [3.05, 3.63) is 45.4 Å². The molecule has 2 heterocycles. The lowest BCUT2D eigenvalue weighted by Gasteiger charge is -2.12. The van der Waals surface area contributed by atoms with Gasteiger partial charge in [0.1, 0.15) is 0 Å². The van der Waals surface area contributed by atoms with E-state index in [4.69, 9.17) is 20.8 Å². The Labute approximate surface area is 147 Å². The molecule has 0 unspecified atom stereocenters. The number of benzene rings is 1. The average Bonchev–Trinajstić information content (AvgIpc) is 2.97. The van der Waals surface area contributed by atoms with Crippen molar-refractivity contribution in [1.29, 1.82) is 0 Å². The minimum atomic E-state index is -0.127. The Morgan fingerprint density at radius 1 is 1.38 bits per heavy atom. The third-order valence-corrected chi connectivity index (χ3v) is 4.49. The maximum atomic E-state index is 12.7. The summed E-state index contributed by atoms with van der Waals surface area (Å²) in [7, 11) is 1.59. The van der Waals surface area contributed by atoms with Gasteiger partial charge >= 0.3 is 0 Å². The smallest absolute Gasteiger partial charge is 0.262 e. The molecule has 0 fully saturated rings. The molecule has 0 atom stereocenters. The Morgan fingerprint density at radius 2 is 2.21 bits per heavy atom. The van der Waals surface area contributed by atoms with Crippen LogP contribution in [0.4, 0.5) is 0 Å². The molecule has 0 aliphatic heterocycles. The zero-order valence-corrected chi connectivity index (χ0v) is 14.7. The highest BCUT2D eigenvalue weighted by Gasteiger charge is 2.13. The van der Waals surface area contributed by atoms with Gasteiger partial charge in [0.25, 0.3) is 5.56 Å². The second-order valence-corrected chi connectivity index (χ2v) is 6.39. The van der Waals surface area contributed by atoms with E-state index >= 15 is 0 Å². The van der Waals surface area contributed by atoms with Gasteiger partial charge < -0.3 is 9.15 Å². The monoisotopic (exact) mass is 366 g/mol. The topological polar surface area (TPSA) is 83.0 Å². The highest BCUT2D eigenvalue weighted by molar-refractivity contribution is 7.98. The van der Waals surface area contributed by atoms with Gasteiger partial charge in [-0.2, -0.15) is 0 Å². The molecule has 3 aromatic rings. The summed E-state index contributed by atoms with van der Waals surface area (Å²) in [5.41, 5.74) is 0.434. The van der Waals surface area contributed by atoms with Crippen LogP contribution in [0.3, 0.4) is 0 Å². The number of hydrogen-bond acceptors (Lipinski definition) is 7. The lowest BCUT2D eigenvalue weighted by Crippen LogP contribution is -2.25. The van der Waals surface area contributed by atoms with E-state index in [0.717, 1.165) is 0 Å². The minimum Gasteiger partial charge on any atom is -0.425 e. The van der Waals surface area contributed by atoms with Crippen LogP contribution in [0, 0.1) is 6.92 Å². The first-order valence-corrected chi connectivity index (χ1v) is 8.55. The van der Waals surface area contributed by atoms with Gasteiger partial charge in [0.05, 0.1) is 29.8 Å². The maximum Gasteiger partial charge on any atom is 0.262 e. The summed E-state index contributed by atoms with van der Waals surface area (Å²) in [6, 6.07) is 5.05. The molecule has 0 aliphatic carbocycles. The van der Waals surface area contributed by atoms with Crippen molar-refractivity contribution in [2.45, 2.75) is 24.4 Å². The first-order valence-electron chi connectivity index (χ1n) is 7.19. The van der Waals surface area contributed by atoms with Gasteiger partial charge in [-0.1, -0.05) is 23.4 Å². The predicted octanol–water partition coefficient (Wildman–Crippen LogP) is 2.68. The molecule has 9 heteroatoms. The third-order valence-electron chi connectivity index (χ3n) is 3.29. The summed E-state index contributed by atoms with van der Waals surface area (Å²) in [6.45, 7) is 2.55. The highest BCUT2D eigenvalue weighted by Crippen LogP contribution is 2.23. The normalized spacial score (nSPS) is 11.3. The van der Waals surface area contributed by atoms with E-state index in [1.807, 2.05) is 0 Å². The Kier molecular flexibility index (Phi) is 5.17. The number of ether oxygens (including phenoxy) is 1. The zero-order valence-electron chi connectivity index (χ0n) is 13.2. The molecule has 0 aliphatic rings. The van der Waals surface area contributed by atoms with E-state index in [2.05, 4.69) is 15.2 Å². The summed E-state index contributed by atoms with van der Waals surface area (Å²) < 4.78 is 12.0. The summed E-state index contributed by atoms with van der Waals surface area (Å²) in [4.78, 5) is 17.3. The van der Waals surface area contributed by atoms with Crippen LogP contribution in [0.1, 0.15) is 11.8 Å². The van der Waals surface area contributed by atoms with E-state index in [0.29, 0.717) is 51.8 Å². The second-order valence-electron chi connectivity index (χ2n) is 5.01. The number of aromatic nitrogens is 4. The minimum absolute atomic E-state index is 0.127. The standard InChI is InChI=1S/C15H15ClN4O3S/c1-9-18-19-13(23-9)8-24-15-17-12-7-10(16)3-4-11(12)14(21)20(15)5-6-22-2/h3-4,7H,5-6,8H2,1-2H3. The molecular formula is C15H15ClN4O3S. The first kappa shape index (κ1) is 16.9. The molecule has 1 aromatic carbocycles. The summed E-state index contributed by atoms with van der Waals surface area (Å²) in [6.07, 6.45) is 0. The zero-order chi connectivity index (χ0) is 17.1. The Balaban J connectivity index is 2.00. The molecule has 0 saturated heterocycles. The number of nitrogens with zero attached hydrogens (tertiary/aromatic N) is 4. The van der Waals surface area contributed by atoms with Crippen LogP contribution in [-0.2, 0) is 17.0 Å². The molecule has 24 heavy (non-hydrogen) atoms. The fourth-order valence-electron chi connectivity index (χ4n) is 2.19. The largest absolute Gasteiger partial charge is 0.425 e. The summed E-state index contributed by atoms with van der Waals surface area (Å²) >= 11 is 7.37. The van der Waals surface area contributed by atoms with E-state index in [-0.39, 0.29) is 5.56 Å². The fourth-order valence-corrected chi connectivity index (χ4v) is 3.21. The molecule has 7 nitrogen and oxygen atoms in total. The van der Waals surface area contributed by atoms with Crippen LogP contribution in [0.25, 0.3) is 10.9 Å². The lowest BCUT2D eigenvalue weighted by molar-refractivity contribution is 0.183. The quantitative estimate of drug-likeness (QED) is 0.490. The third kappa shape index (κ3) is 3.61. The molecule has 0 spiro atoms. The van der Waals surface area contributed by atoms with Crippen molar-refractivity contribution in [1.82, 2.24) is 19.7 Å². The fraction of sp³-hybridized carbons (Fsp3) is 0.333. The predicted molar refractivity (Wildman–Crippen MR) is 91.5 cm³/mol. The second kappa shape index (κ2) is 7.33. The van der Waals surface area contributed by atoms with Crippen LogP contribution in [0.2, 0.25) is 5.02 Å². The van der Waals surface area contributed by atoms with Crippen molar-refractivity contribution in [3.8, 4) is 0 Å². The number of methoxy groups -OCH3 is 1. The van der Waals surface area contributed by atoms with Gasteiger partial charge in [-0.05, 0) is 18.2 Å². The van der Waals surface area contributed by atoms with Crippen molar-refractivity contribution in [3.63, 3.8) is 0 Å². The summed E-state index contributed by atoms with van der Waals surface area (Å²) in [5.74, 6) is 1.41. The molecule has 2 aromatic heterocycles. The van der Waals surface area contributed by atoms with Gasteiger partial charge in [0.2, 0.25) is 11.8 Å². The number of rotatable bonds is 6. The molecule has 0 radical (unpaired) electrons. The van der Waals surface area contributed by atoms with Crippen LogP contribution in [-0.4, -0.2) is 33.5 Å². The van der Waals surface area contributed by atoms with Gasteiger partial charge in [0, 0.05) is 19.1 Å². The molecule has 3 rings (SSSR count). The Hall–Kier alpha value is -1.90. The highest BCUT2D eigenvalue weighted by atomic mass is 35.5. The van der Waals surface area contributed by atoms with Crippen LogP contribution in [0.5, 0.6) is 0 Å².